The maximum absolute atomic E-state index is 13.0. The van der Waals surface area contributed by atoms with Gasteiger partial charge in [-0.1, -0.05) is 12.1 Å². The molecule has 0 aliphatic carbocycles. The van der Waals surface area contributed by atoms with Gasteiger partial charge in [-0.3, -0.25) is 4.79 Å². The normalized spacial score (nSPS) is 32.5. The third kappa shape index (κ3) is 2.80. The summed E-state index contributed by atoms with van der Waals surface area (Å²) in [5, 5.41) is -0.541. The molecule has 3 fully saturated rings. The van der Waals surface area contributed by atoms with Gasteiger partial charge in [-0.25, -0.2) is 8.42 Å². The van der Waals surface area contributed by atoms with Crippen molar-refractivity contribution >= 4 is 15.9 Å². The van der Waals surface area contributed by atoms with Crippen LogP contribution in [0, 0.1) is 0 Å². The molecule has 3 aliphatic heterocycles. The number of sulfonamides is 1. The quantitative estimate of drug-likeness (QED) is 0.766. The number of fused-ring (bicyclic) bond motifs is 1. The maximum atomic E-state index is 13.0. The fourth-order valence-corrected chi connectivity index (χ4v) is 6.75. The summed E-state index contributed by atoms with van der Waals surface area (Å²) >= 11 is 0. The first-order chi connectivity index (χ1) is 12.3. The number of amides is 1. The number of rotatable bonds is 4. The van der Waals surface area contributed by atoms with Crippen molar-refractivity contribution in [1.82, 2.24) is 9.21 Å². The molecule has 3 saturated heterocycles. The highest BCUT2D eigenvalue weighted by molar-refractivity contribution is 7.90. The fourth-order valence-electron chi connectivity index (χ4n) is 4.44. The Morgan fingerprint density at radius 2 is 2.04 bits per heavy atom. The Balaban J connectivity index is 1.50. The van der Waals surface area contributed by atoms with Gasteiger partial charge < -0.3 is 14.4 Å². The van der Waals surface area contributed by atoms with E-state index in [1.807, 2.05) is 24.3 Å². The standard InChI is InChI=1S/C18H24N2O5S/c1-13(21)19-10-16-9-17-18(11-19,25-16)12-20(26(17,22)23)8-7-14-3-5-15(24-2)6-4-14/h3-6,16-17H,7-12H2,1-2H3/t16-,17+,18+/m0/s1. The topological polar surface area (TPSA) is 76.2 Å². The number of hydrogen-bond acceptors (Lipinski definition) is 5. The number of hydrogen-bond donors (Lipinski definition) is 0. The lowest BCUT2D eigenvalue weighted by molar-refractivity contribution is -0.148. The molecule has 1 amide bonds. The SMILES string of the molecule is COc1ccc(CCN2C[C@]34CN(C(C)=O)C[C@H](C[C@H]3S2(=O)=O)O4)cc1. The van der Waals surface area contributed by atoms with Crippen LogP contribution >= 0.6 is 0 Å². The predicted molar refractivity (Wildman–Crippen MR) is 95.5 cm³/mol. The Hall–Kier alpha value is -1.64. The summed E-state index contributed by atoms with van der Waals surface area (Å²) in [6.45, 7) is 3.13. The molecular formula is C18H24N2O5S. The van der Waals surface area contributed by atoms with Crippen LogP contribution in [0.25, 0.3) is 0 Å². The molecule has 1 spiro atoms. The van der Waals surface area contributed by atoms with E-state index in [-0.39, 0.29) is 12.0 Å². The Labute approximate surface area is 153 Å². The van der Waals surface area contributed by atoms with Gasteiger partial charge in [0.15, 0.2) is 0 Å². The van der Waals surface area contributed by atoms with Crippen molar-refractivity contribution in [3.63, 3.8) is 0 Å². The second-order valence-corrected chi connectivity index (χ2v) is 9.52. The van der Waals surface area contributed by atoms with Gasteiger partial charge in [-0.2, -0.15) is 4.31 Å². The Morgan fingerprint density at radius 3 is 2.69 bits per heavy atom. The second-order valence-electron chi connectivity index (χ2n) is 7.41. The van der Waals surface area contributed by atoms with Crippen molar-refractivity contribution in [2.75, 3.05) is 33.3 Å². The zero-order chi connectivity index (χ0) is 18.5. The minimum atomic E-state index is -3.41. The lowest BCUT2D eigenvalue weighted by atomic mass is 9.99. The lowest BCUT2D eigenvalue weighted by Gasteiger charge is -2.39. The highest BCUT2D eigenvalue weighted by Gasteiger charge is 2.65. The first-order valence-corrected chi connectivity index (χ1v) is 10.4. The van der Waals surface area contributed by atoms with E-state index in [1.165, 1.54) is 6.92 Å². The van der Waals surface area contributed by atoms with Crippen molar-refractivity contribution in [2.45, 2.75) is 36.7 Å². The van der Waals surface area contributed by atoms with Gasteiger partial charge in [0, 0.05) is 26.6 Å². The van der Waals surface area contributed by atoms with Gasteiger partial charge in [-0.15, -0.1) is 0 Å². The smallest absolute Gasteiger partial charge is 0.220 e. The average molecular weight is 380 g/mol. The van der Waals surface area contributed by atoms with Gasteiger partial charge in [0.25, 0.3) is 0 Å². The minimum absolute atomic E-state index is 0.0209. The molecule has 3 heterocycles. The third-order valence-electron chi connectivity index (χ3n) is 5.77. The Morgan fingerprint density at radius 1 is 1.31 bits per heavy atom. The van der Waals surface area contributed by atoms with Crippen LogP contribution in [0.5, 0.6) is 5.75 Å². The van der Waals surface area contributed by atoms with E-state index < -0.39 is 20.9 Å². The number of methoxy groups -OCH3 is 1. The van der Waals surface area contributed by atoms with Crippen molar-refractivity contribution in [3.05, 3.63) is 29.8 Å². The largest absolute Gasteiger partial charge is 0.497 e. The lowest BCUT2D eigenvalue weighted by Crippen LogP contribution is -2.56. The zero-order valence-corrected chi connectivity index (χ0v) is 15.9. The number of benzene rings is 1. The number of carbonyl (C=O) groups excluding carboxylic acids is 1. The molecule has 0 radical (unpaired) electrons. The molecule has 0 N–H and O–H groups in total. The maximum Gasteiger partial charge on any atom is 0.220 e. The van der Waals surface area contributed by atoms with Crippen LogP contribution in [0.3, 0.4) is 0 Å². The average Bonchev–Trinajstić information content (AvgIpc) is 2.99. The summed E-state index contributed by atoms with van der Waals surface area (Å²) in [6, 6.07) is 7.65. The Bertz CT molecular complexity index is 809. The van der Waals surface area contributed by atoms with Crippen LogP contribution in [0.2, 0.25) is 0 Å². The monoisotopic (exact) mass is 380 g/mol. The van der Waals surface area contributed by atoms with E-state index >= 15 is 0 Å². The molecule has 0 saturated carbocycles. The molecule has 0 unspecified atom stereocenters. The molecule has 1 aromatic rings. The van der Waals surface area contributed by atoms with E-state index in [4.69, 9.17) is 9.47 Å². The van der Waals surface area contributed by atoms with Gasteiger partial charge in [0.05, 0.1) is 19.8 Å². The van der Waals surface area contributed by atoms with Crippen LogP contribution < -0.4 is 4.74 Å². The summed E-state index contributed by atoms with van der Waals surface area (Å²) in [7, 11) is -1.80. The van der Waals surface area contributed by atoms with E-state index in [2.05, 4.69) is 0 Å². The Kier molecular flexibility index (Phi) is 4.24. The van der Waals surface area contributed by atoms with Crippen LogP contribution in [-0.2, 0) is 26.0 Å². The van der Waals surface area contributed by atoms with E-state index in [1.54, 1.807) is 16.3 Å². The molecule has 26 heavy (non-hydrogen) atoms. The number of nitrogens with zero attached hydrogens (tertiary/aromatic N) is 2. The molecule has 3 aliphatic rings. The van der Waals surface area contributed by atoms with Crippen LogP contribution in [0.1, 0.15) is 18.9 Å². The van der Waals surface area contributed by atoms with E-state index in [0.717, 1.165) is 11.3 Å². The highest BCUT2D eigenvalue weighted by Crippen LogP contribution is 2.46. The predicted octanol–water partition coefficient (Wildman–Crippen LogP) is 0.642. The van der Waals surface area contributed by atoms with Gasteiger partial charge in [-0.05, 0) is 30.5 Å². The summed E-state index contributed by atoms with van der Waals surface area (Å²) in [6.07, 6.45) is 0.938. The number of carbonyl (C=O) groups is 1. The van der Waals surface area contributed by atoms with E-state index in [0.29, 0.717) is 39.0 Å². The molecule has 7 nitrogen and oxygen atoms in total. The van der Waals surface area contributed by atoms with Crippen LogP contribution in [0.4, 0.5) is 0 Å². The number of likely N-dealkylation sites (tertiary alicyclic amines) is 1. The second kappa shape index (κ2) is 6.21. The summed E-state index contributed by atoms with van der Waals surface area (Å²) in [5.74, 6) is 0.759. The first-order valence-electron chi connectivity index (χ1n) is 8.89. The van der Waals surface area contributed by atoms with Crippen molar-refractivity contribution < 1.29 is 22.7 Å². The number of morpholine rings is 1. The van der Waals surface area contributed by atoms with Crippen LogP contribution in [-0.4, -0.2) is 73.8 Å². The summed E-state index contributed by atoms with van der Waals surface area (Å²) in [4.78, 5) is 13.5. The van der Waals surface area contributed by atoms with Gasteiger partial charge in [0.2, 0.25) is 15.9 Å². The molecule has 142 valence electrons. The van der Waals surface area contributed by atoms with Crippen molar-refractivity contribution in [2.24, 2.45) is 0 Å². The first kappa shape index (κ1) is 17.8. The molecule has 3 atom stereocenters. The summed E-state index contributed by atoms with van der Waals surface area (Å²) < 4.78 is 38.9. The van der Waals surface area contributed by atoms with Crippen molar-refractivity contribution in [3.8, 4) is 5.75 Å². The third-order valence-corrected chi connectivity index (χ3v) is 8.14. The van der Waals surface area contributed by atoms with Crippen molar-refractivity contribution in [1.29, 1.82) is 0 Å². The van der Waals surface area contributed by atoms with Crippen LogP contribution in [0.15, 0.2) is 24.3 Å². The highest BCUT2D eigenvalue weighted by atomic mass is 32.2. The molecule has 0 aromatic heterocycles. The zero-order valence-electron chi connectivity index (χ0n) is 15.1. The van der Waals surface area contributed by atoms with Gasteiger partial charge in [0.1, 0.15) is 16.6 Å². The minimum Gasteiger partial charge on any atom is -0.497 e. The fraction of sp³-hybridized carbons (Fsp3) is 0.611. The molecule has 4 rings (SSSR count). The molecule has 8 heteroatoms. The molecule has 1 aromatic carbocycles. The molecule has 2 bridgehead atoms. The van der Waals surface area contributed by atoms with Gasteiger partial charge >= 0.3 is 0 Å². The van der Waals surface area contributed by atoms with E-state index in [9.17, 15) is 13.2 Å². The summed E-state index contributed by atoms with van der Waals surface area (Å²) in [5.41, 5.74) is 0.288. The number of ether oxygens (including phenoxy) is 2. The molecular weight excluding hydrogens is 356 g/mol.